The van der Waals surface area contributed by atoms with E-state index >= 15 is 0 Å². The minimum Gasteiger partial charge on any atom is -0.344 e. The number of hydrogen-bond donors (Lipinski definition) is 3. The van der Waals surface area contributed by atoms with Crippen LogP contribution in [0, 0.1) is 0 Å². The SMILES string of the molecule is CC(=O)NC(CS)C(=O)Nc1c(Cl)cc(Cl)c2c1N=S=N2. The lowest BCUT2D eigenvalue weighted by atomic mass is 10.2. The van der Waals surface area contributed by atoms with E-state index in [2.05, 4.69) is 32.0 Å². The molecule has 1 unspecified atom stereocenters. The fourth-order valence-electron chi connectivity index (χ4n) is 1.64. The van der Waals surface area contributed by atoms with E-state index in [1.165, 1.54) is 13.0 Å². The number of rotatable bonds is 4. The Bertz CT molecular complexity index is 689. The maximum absolute atomic E-state index is 12.2. The number of benzene rings is 1. The van der Waals surface area contributed by atoms with Crippen molar-refractivity contribution in [1.29, 1.82) is 0 Å². The number of hydrogen-bond acceptors (Lipinski definition) is 5. The summed E-state index contributed by atoms with van der Waals surface area (Å²) in [6, 6.07) is 0.704. The van der Waals surface area contributed by atoms with Crippen LogP contribution < -0.4 is 10.6 Å². The zero-order valence-corrected chi connectivity index (χ0v) is 13.9. The van der Waals surface area contributed by atoms with Crippen LogP contribution in [0.3, 0.4) is 0 Å². The van der Waals surface area contributed by atoms with E-state index in [4.69, 9.17) is 23.2 Å². The van der Waals surface area contributed by atoms with Gasteiger partial charge in [-0.25, -0.2) is 0 Å². The van der Waals surface area contributed by atoms with Crippen molar-refractivity contribution in [3.05, 3.63) is 16.1 Å². The Morgan fingerprint density at radius 3 is 2.62 bits per heavy atom. The van der Waals surface area contributed by atoms with Gasteiger partial charge in [-0.15, -0.1) is 0 Å². The van der Waals surface area contributed by atoms with E-state index in [1.54, 1.807) is 0 Å². The Labute approximate surface area is 139 Å². The molecule has 112 valence electrons. The van der Waals surface area contributed by atoms with Crippen LogP contribution in [0.5, 0.6) is 0 Å². The second-order valence-electron chi connectivity index (χ2n) is 4.10. The molecule has 2 N–H and O–H groups in total. The second kappa shape index (κ2) is 6.78. The lowest BCUT2D eigenvalue weighted by Crippen LogP contribution is -2.44. The van der Waals surface area contributed by atoms with Crippen LogP contribution in [0.1, 0.15) is 6.92 Å². The Kier molecular flexibility index (Phi) is 5.26. The molecule has 1 aromatic carbocycles. The number of carbonyl (C=O) groups is 2. The summed E-state index contributed by atoms with van der Waals surface area (Å²) in [6.07, 6.45) is 0. The first-order chi connectivity index (χ1) is 9.93. The highest BCUT2D eigenvalue weighted by Gasteiger charge is 2.24. The molecular weight excluding hydrogens is 355 g/mol. The molecule has 1 aromatic rings. The summed E-state index contributed by atoms with van der Waals surface area (Å²) in [4.78, 5) is 23.2. The van der Waals surface area contributed by atoms with Crippen LogP contribution in [0.15, 0.2) is 14.8 Å². The standard InChI is InChI=1S/C11H10Cl2N4O2S2/c1-4(18)14-7(3-20)11(19)15-8-5(12)2-6(13)9-10(8)17-21-16-9/h2,7,20H,3H2,1H3,(H,14,18)(H,15,19). The van der Waals surface area contributed by atoms with Gasteiger partial charge < -0.3 is 10.6 Å². The zero-order valence-electron chi connectivity index (χ0n) is 10.7. The third-order valence-corrected chi connectivity index (χ3v) is 4.05. The van der Waals surface area contributed by atoms with Crippen LogP contribution in [0.25, 0.3) is 0 Å². The average molecular weight is 365 g/mol. The van der Waals surface area contributed by atoms with Crippen molar-refractivity contribution in [2.24, 2.45) is 8.73 Å². The Balaban J connectivity index is 2.28. The summed E-state index contributed by atoms with van der Waals surface area (Å²) in [5, 5.41) is 5.73. The smallest absolute Gasteiger partial charge is 0.247 e. The van der Waals surface area contributed by atoms with Gasteiger partial charge in [-0.2, -0.15) is 21.4 Å². The number of halogens is 2. The van der Waals surface area contributed by atoms with E-state index in [0.717, 1.165) is 11.4 Å². The number of carbonyl (C=O) groups excluding carboxylic acids is 2. The Morgan fingerprint density at radius 2 is 2.00 bits per heavy atom. The molecule has 2 rings (SSSR count). The van der Waals surface area contributed by atoms with E-state index in [1.807, 2.05) is 0 Å². The highest BCUT2D eigenvalue weighted by Crippen LogP contribution is 2.47. The van der Waals surface area contributed by atoms with Gasteiger partial charge in [0.25, 0.3) is 0 Å². The van der Waals surface area contributed by atoms with Crippen molar-refractivity contribution >= 4 is 76.1 Å². The molecule has 1 heterocycles. The average Bonchev–Trinajstić information content (AvgIpc) is 2.90. The Morgan fingerprint density at radius 1 is 1.33 bits per heavy atom. The number of nitrogens with one attached hydrogen (secondary N) is 2. The lowest BCUT2D eigenvalue weighted by Gasteiger charge is -2.17. The van der Waals surface area contributed by atoms with Crippen LogP contribution in [0.4, 0.5) is 17.1 Å². The first-order valence-electron chi connectivity index (χ1n) is 5.73. The molecule has 0 fully saturated rings. The maximum atomic E-state index is 12.2. The van der Waals surface area contributed by atoms with Crippen molar-refractivity contribution in [3.63, 3.8) is 0 Å². The van der Waals surface area contributed by atoms with Crippen LogP contribution in [-0.4, -0.2) is 23.6 Å². The van der Waals surface area contributed by atoms with Gasteiger partial charge in [0.05, 0.1) is 27.1 Å². The number of anilines is 1. The lowest BCUT2D eigenvalue weighted by molar-refractivity contribution is -0.124. The normalized spacial score (nSPS) is 13.3. The number of nitrogens with zero attached hydrogens (tertiary/aromatic N) is 2. The minimum atomic E-state index is -0.778. The number of amides is 2. The summed E-state index contributed by atoms with van der Waals surface area (Å²) >= 11 is 17.1. The van der Waals surface area contributed by atoms with Gasteiger partial charge in [0.15, 0.2) is 0 Å². The largest absolute Gasteiger partial charge is 0.344 e. The molecule has 2 amide bonds. The molecule has 1 aliphatic heterocycles. The van der Waals surface area contributed by atoms with Gasteiger partial charge in [0.1, 0.15) is 17.4 Å². The highest BCUT2D eigenvalue weighted by molar-refractivity contribution is 7.80. The minimum absolute atomic E-state index is 0.148. The van der Waals surface area contributed by atoms with Crippen LogP contribution in [0.2, 0.25) is 10.0 Å². The molecule has 0 aliphatic carbocycles. The van der Waals surface area contributed by atoms with Gasteiger partial charge >= 0.3 is 0 Å². The van der Waals surface area contributed by atoms with Gasteiger partial charge in [0, 0.05) is 12.7 Å². The maximum Gasteiger partial charge on any atom is 0.247 e. The molecular formula is C11H10Cl2N4O2S2. The van der Waals surface area contributed by atoms with Crippen LogP contribution >= 0.6 is 35.8 Å². The summed E-state index contributed by atoms with van der Waals surface area (Å²) in [7, 11) is 0. The van der Waals surface area contributed by atoms with E-state index in [9.17, 15) is 9.59 Å². The summed E-state index contributed by atoms with van der Waals surface area (Å²) in [6.45, 7) is 1.32. The molecule has 0 radical (unpaired) electrons. The van der Waals surface area contributed by atoms with Crippen molar-refractivity contribution in [1.82, 2.24) is 5.32 Å². The molecule has 1 atom stereocenters. The molecule has 10 heteroatoms. The zero-order chi connectivity index (χ0) is 15.6. The molecule has 21 heavy (non-hydrogen) atoms. The van der Waals surface area contributed by atoms with Gasteiger partial charge in [-0.3, -0.25) is 9.59 Å². The van der Waals surface area contributed by atoms with Crippen LogP contribution in [-0.2, 0) is 20.9 Å². The molecule has 0 saturated heterocycles. The summed E-state index contributed by atoms with van der Waals surface area (Å²) in [5.74, 6) is -0.625. The van der Waals surface area contributed by atoms with Crippen molar-refractivity contribution in [2.45, 2.75) is 13.0 Å². The first-order valence-corrected chi connectivity index (χ1v) is 7.85. The molecule has 0 aromatic heterocycles. The predicted molar refractivity (Wildman–Crippen MR) is 88.1 cm³/mol. The quantitative estimate of drug-likeness (QED) is 0.728. The topological polar surface area (TPSA) is 82.9 Å². The van der Waals surface area contributed by atoms with Crippen molar-refractivity contribution < 1.29 is 9.59 Å². The fraction of sp³-hybridized carbons (Fsp3) is 0.273. The van der Waals surface area contributed by atoms with E-state index in [-0.39, 0.29) is 16.7 Å². The molecule has 1 aliphatic rings. The monoisotopic (exact) mass is 364 g/mol. The van der Waals surface area contributed by atoms with Crippen molar-refractivity contribution in [2.75, 3.05) is 11.1 Å². The van der Waals surface area contributed by atoms with E-state index < -0.39 is 11.9 Å². The third kappa shape index (κ3) is 3.57. The summed E-state index contributed by atoms with van der Waals surface area (Å²) < 4.78 is 8.12. The van der Waals surface area contributed by atoms with E-state index in [0.29, 0.717) is 22.1 Å². The number of fused-ring (bicyclic) bond motifs is 1. The number of thiol groups is 1. The molecule has 6 nitrogen and oxygen atoms in total. The highest BCUT2D eigenvalue weighted by atomic mass is 35.5. The molecule has 0 saturated carbocycles. The predicted octanol–water partition coefficient (Wildman–Crippen LogP) is 3.09. The first kappa shape index (κ1) is 16.3. The molecule has 0 bridgehead atoms. The van der Waals surface area contributed by atoms with Gasteiger partial charge in [-0.1, -0.05) is 23.2 Å². The summed E-state index contributed by atoms with van der Waals surface area (Å²) in [5.41, 5.74) is 1.18. The van der Waals surface area contributed by atoms with Crippen molar-refractivity contribution in [3.8, 4) is 0 Å². The molecule has 0 spiro atoms. The third-order valence-electron chi connectivity index (χ3n) is 2.57. The fourth-order valence-corrected chi connectivity index (χ4v) is 3.06. The second-order valence-corrected chi connectivity index (χ2v) is 5.81. The van der Waals surface area contributed by atoms with Gasteiger partial charge in [0.2, 0.25) is 11.8 Å². The Hall–Kier alpha value is -1.09. The van der Waals surface area contributed by atoms with Gasteiger partial charge in [-0.05, 0) is 6.07 Å².